The van der Waals surface area contributed by atoms with Crippen LogP contribution in [0.2, 0.25) is 0 Å². The minimum Gasteiger partial charge on any atom is -0.493 e. The second-order valence-corrected chi connectivity index (χ2v) is 8.25. The summed E-state index contributed by atoms with van der Waals surface area (Å²) in [6.45, 7) is 0.599. The second kappa shape index (κ2) is 7.65. The lowest BCUT2D eigenvalue weighted by molar-refractivity contribution is -0.120. The van der Waals surface area contributed by atoms with Crippen LogP contribution in [0.25, 0.3) is 0 Å². The number of halogens is 1. The Bertz CT molecular complexity index is 629. The van der Waals surface area contributed by atoms with Crippen LogP contribution in [-0.2, 0) is 11.3 Å². The van der Waals surface area contributed by atoms with Gasteiger partial charge in [0.2, 0.25) is 0 Å². The average Bonchev–Trinajstić information content (AvgIpc) is 2.57. The van der Waals surface area contributed by atoms with Gasteiger partial charge in [-0.3, -0.25) is 4.79 Å². The van der Waals surface area contributed by atoms with Crippen LogP contribution < -0.4 is 20.5 Å². The van der Waals surface area contributed by atoms with E-state index in [9.17, 15) is 4.79 Å². The SMILES string of the molecule is COc1cccc(CNC23CC4CC(CC(C4)C2)C3)c1OCC(N)=O.Cl. The number of nitrogens with two attached hydrogens (primary N) is 1. The molecule has 0 unspecified atom stereocenters. The van der Waals surface area contributed by atoms with Crippen molar-refractivity contribution in [3.05, 3.63) is 23.8 Å². The van der Waals surface area contributed by atoms with E-state index in [4.69, 9.17) is 15.2 Å². The Hall–Kier alpha value is -1.46. The number of amides is 1. The molecule has 4 aliphatic rings. The van der Waals surface area contributed by atoms with E-state index < -0.39 is 5.91 Å². The van der Waals surface area contributed by atoms with Gasteiger partial charge in [0.1, 0.15) is 0 Å². The monoisotopic (exact) mass is 380 g/mol. The molecule has 0 aromatic heterocycles. The molecule has 0 aliphatic heterocycles. The topological polar surface area (TPSA) is 73.6 Å². The molecule has 5 nitrogen and oxygen atoms in total. The Kier molecular flexibility index (Phi) is 5.68. The molecule has 4 saturated carbocycles. The lowest BCUT2D eigenvalue weighted by atomic mass is 9.53. The Morgan fingerprint density at radius 3 is 2.35 bits per heavy atom. The van der Waals surface area contributed by atoms with Crippen molar-refractivity contribution in [2.75, 3.05) is 13.7 Å². The number of hydrogen-bond donors (Lipinski definition) is 2. The summed E-state index contributed by atoms with van der Waals surface area (Å²) in [5.74, 6) is 3.52. The van der Waals surface area contributed by atoms with Gasteiger partial charge in [-0.05, 0) is 62.3 Å². The van der Waals surface area contributed by atoms with Gasteiger partial charge in [0.05, 0.1) is 7.11 Å². The molecule has 26 heavy (non-hydrogen) atoms. The van der Waals surface area contributed by atoms with Crippen LogP contribution in [-0.4, -0.2) is 25.2 Å². The van der Waals surface area contributed by atoms with Crippen molar-refractivity contribution in [2.45, 2.75) is 50.6 Å². The summed E-state index contributed by atoms with van der Waals surface area (Å²) >= 11 is 0. The molecule has 0 radical (unpaired) electrons. The number of primary amides is 1. The van der Waals surface area contributed by atoms with Gasteiger partial charge in [-0.1, -0.05) is 12.1 Å². The van der Waals surface area contributed by atoms with E-state index in [1.165, 1.54) is 38.5 Å². The van der Waals surface area contributed by atoms with Crippen molar-refractivity contribution in [1.82, 2.24) is 5.32 Å². The number of ether oxygens (including phenoxy) is 2. The highest BCUT2D eigenvalue weighted by atomic mass is 35.5. The molecule has 1 aromatic rings. The number of carbonyl (C=O) groups is 1. The molecule has 4 aliphatic carbocycles. The molecular formula is C20H29ClN2O3. The van der Waals surface area contributed by atoms with E-state index in [-0.39, 0.29) is 19.0 Å². The van der Waals surface area contributed by atoms with Crippen LogP contribution in [0.5, 0.6) is 11.5 Å². The summed E-state index contributed by atoms with van der Waals surface area (Å²) < 4.78 is 11.1. The minimum atomic E-state index is -0.481. The third-order valence-corrected chi connectivity index (χ3v) is 6.33. The first-order valence-corrected chi connectivity index (χ1v) is 9.39. The Labute approximate surface area is 161 Å². The Morgan fingerprint density at radius 2 is 1.81 bits per heavy atom. The standard InChI is InChI=1S/C20H28N2O3.ClH/c1-24-17-4-2-3-16(19(17)25-12-18(21)23)11-22-20-8-13-5-14(9-20)7-15(6-13)10-20;/h2-4,13-15,22H,5-12H2,1H3,(H2,21,23);1H. The normalized spacial score (nSPS) is 31.3. The largest absolute Gasteiger partial charge is 0.493 e. The number of carbonyl (C=O) groups excluding carboxylic acids is 1. The van der Waals surface area contributed by atoms with Crippen LogP contribution in [0.3, 0.4) is 0 Å². The van der Waals surface area contributed by atoms with Crippen LogP contribution in [0.15, 0.2) is 18.2 Å². The van der Waals surface area contributed by atoms with E-state index in [1.54, 1.807) is 7.11 Å². The highest BCUT2D eigenvalue weighted by molar-refractivity contribution is 5.85. The molecule has 1 aromatic carbocycles. The van der Waals surface area contributed by atoms with Gasteiger partial charge in [0.15, 0.2) is 18.1 Å². The fourth-order valence-corrected chi connectivity index (χ4v) is 5.78. The maximum atomic E-state index is 11.1. The summed E-state index contributed by atoms with van der Waals surface area (Å²) in [5.41, 5.74) is 6.55. The molecule has 144 valence electrons. The molecule has 0 heterocycles. The van der Waals surface area contributed by atoms with E-state index in [2.05, 4.69) is 5.32 Å². The summed E-state index contributed by atoms with van der Waals surface area (Å²) in [6, 6.07) is 5.85. The quantitative estimate of drug-likeness (QED) is 0.762. The third-order valence-electron chi connectivity index (χ3n) is 6.33. The minimum absolute atomic E-state index is 0. The molecule has 0 saturated heterocycles. The number of methoxy groups -OCH3 is 1. The van der Waals surface area contributed by atoms with E-state index in [0.717, 1.165) is 29.9 Å². The van der Waals surface area contributed by atoms with Crippen LogP contribution in [0, 0.1) is 17.8 Å². The molecule has 4 bridgehead atoms. The summed E-state index contributed by atoms with van der Waals surface area (Å²) in [4.78, 5) is 11.1. The fourth-order valence-electron chi connectivity index (χ4n) is 5.78. The second-order valence-electron chi connectivity index (χ2n) is 8.25. The van der Waals surface area contributed by atoms with Gasteiger partial charge in [-0.15, -0.1) is 12.4 Å². The van der Waals surface area contributed by atoms with Crippen molar-refractivity contribution in [3.8, 4) is 11.5 Å². The van der Waals surface area contributed by atoms with Crippen LogP contribution >= 0.6 is 12.4 Å². The van der Waals surface area contributed by atoms with Crippen molar-refractivity contribution >= 4 is 18.3 Å². The maximum Gasteiger partial charge on any atom is 0.255 e. The third kappa shape index (κ3) is 3.79. The first-order chi connectivity index (χ1) is 12.1. The summed E-state index contributed by atoms with van der Waals surface area (Å²) in [7, 11) is 1.61. The van der Waals surface area contributed by atoms with Crippen molar-refractivity contribution in [3.63, 3.8) is 0 Å². The van der Waals surface area contributed by atoms with Gasteiger partial charge < -0.3 is 20.5 Å². The zero-order valence-corrected chi connectivity index (χ0v) is 16.1. The summed E-state index contributed by atoms with van der Waals surface area (Å²) in [5, 5.41) is 3.87. The zero-order valence-electron chi connectivity index (χ0n) is 15.3. The molecular weight excluding hydrogens is 352 g/mol. The van der Waals surface area contributed by atoms with Crippen molar-refractivity contribution in [2.24, 2.45) is 23.5 Å². The maximum absolute atomic E-state index is 11.1. The number of rotatable bonds is 7. The highest BCUT2D eigenvalue weighted by Crippen LogP contribution is 2.55. The molecule has 3 N–H and O–H groups in total. The predicted molar refractivity (Wildman–Crippen MR) is 103 cm³/mol. The van der Waals surface area contributed by atoms with Gasteiger partial charge in [0, 0.05) is 17.6 Å². The van der Waals surface area contributed by atoms with Gasteiger partial charge in [-0.2, -0.15) is 0 Å². The highest BCUT2D eigenvalue weighted by Gasteiger charge is 2.50. The Morgan fingerprint density at radius 1 is 1.19 bits per heavy atom. The summed E-state index contributed by atoms with van der Waals surface area (Å²) in [6.07, 6.45) is 8.23. The van der Waals surface area contributed by atoms with E-state index in [1.807, 2.05) is 18.2 Å². The number of nitrogens with one attached hydrogen (secondary N) is 1. The smallest absolute Gasteiger partial charge is 0.255 e. The van der Waals surface area contributed by atoms with E-state index >= 15 is 0 Å². The average molecular weight is 381 g/mol. The first-order valence-electron chi connectivity index (χ1n) is 9.39. The zero-order chi connectivity index (χ0) is 17.4. The van der Waals surface area contributed by atoms with Gasteiger partial charge in [0.25, 0.3) is 5.91 Å². The lowest BCUT2D eigenvalue weighted by Crippen LogP contribution is -2.58. The predicted octanol–water partition coefficient (Wildman–Crippen LogP) is 3.04. The van der Waals surface area contributed by atoms with Crippen LogP contribution in [0.4, 0.5) is 0 Å². The van der Waals surface area contributed by atoms with Crippen LogP contribution in [0.1, 0.15) is 44.1 Å². The number of hydrogen-bond acceptors (Lipinski definition) is 4. The fraction of sp³-hybridized carbons (Fsp3) is 0.650. The molecule has 6 heteroatoms. The van der Waals surface area contributed by atoms with Crippen molar-refractivity contribution in [1.29, 1.82) is 0 Å². The van der Waals surface area contributed by atoms with Gasteiger partial charge >= 0.3 is 0 Å². The number of benzene rings is 1. The molecule has 4 fully saturated rings. The molecule has 0 spiro atoms. The lowest BCUT2D eigenvalue weighted by Gasteiger charge is -2.57. The Balaban J connectivity index is 0.00000196. The number of para-hydroxylation sites is 1. The first kappa shape index (κ1) is 19.3. The van der Waals surface area contributed by atoms with E-state index in [0.29, 0.717) is 17.0 Å². The molecule has 5 rings (SSSR count). The molecule has 1 amide bonds. The van der Waals surface area contributed by atoms with Gasteiger partial charge in [-0.25, -0.2) is 0 Å². The molecule has 0 atom stereocenters. The van der Waals surface area contributed by atoms with Crippen molar-refractivity contribution < 1.29 is 14.3 Å².